The summed E-state index contributed by atoms with van der Waals surface area (Å²) in [6.45, 7) is 4.92. The van der Waals surface area contributed by atoms with Crippen LogP contribution in [0.3, 0.4) is 0 Å². The summed E-state index contributed by atoms with van der Waals surface area (Å²) in [5.74, 6) is 2.35. The summed E-state index contributed by atoms with van der Waals surface area (Å²) in [7, 11) is 0. The SMILES string of the molecule is O=C(C1CCOCC1)N1CCN(CC2CC2)c2ncccc2C1. The van der Waals surface area contributed by atoms with Crippen molar-refractivity contribution in [3.05, 3.63) is 23.9 Å². The van der Waals surface area contributed by atoms with Crippen molar-refractivity contribution < 1.29 is 9.53 Å². The van der Waals surface area contributed by atoms with Crippen LogP contribution in [0.25, 0.3) is 0 Å². The topological polar surface area (TPSA) is 45.7 Å². The largest absolute Gasteiger partial charge is 0.381 e. The molecule has 0 atom stereocenters. The van der Waals surface area contributed by atoms with E-state index in [1.807, 2.05) is 17.2 Å². The van der Waals surface area contributed by atoms with Crippen LogP contribution in [0.2, 0.25) is 0 Å². The van der Waals surface area contributed by atoms with Gasteiger partial charge in [0.15, 0.2) is 0 Å². The average Bonchev–Trinajstić information content (AvgIpc) is 3.43. The van der Waals surface area contributed by atoms with E-state index in [9.17, 15) is 4.79 Å². The number of amides is 1. The fourth-order valence-corrected chi connectivity index (χ4v) is 3.65. The lowest BCUT2D eigenvalue weighted by molar-refractivity contribution is -0.139. The van der Waals surface area contributed by atoms with Gasteiger partial charge in [-0.15, -0.1) is 0 Å². The smallest absolute Gasteiger partial charge is 0.226 e. The maximum atomic E-state index is 12.9. The van der Waals surface area contributed by atoms with Gasteiger partial charge in [0, 0.05) is 57.1 Å². The van der Waals surface area contributed by atoms with Crippen LogP contribution in [0.15, 0.2) is 18.3 Å². The molecule has 1 saturated heterocycles. The molecule has 5 heteroatoms. The molecule has 3 aliphatic rings. The molecule has 0 N–H and O–H groups in total. The van der Waals surface area contributed by atoms with Crippen LogP contribution in [0.5, 0.6) is 0 Å². The van der Waals surface area contributed by atoms with E-state index in [2.05, 4.69) is 16.0 Å². The Morgan fingerprint density at radius 2 is 2.04 bits per heavy atom. The van der Waals surface area contributed by atoms with Gasteiger partial charge in [-0.3, -0.25) is 4.79 Å². The molecule has 3 heterocycles. The normalized spacial score (nSPS) is 22.6. The summed E-state index contributed by atoms with van der Waals surface area (Å²) in [6.07, 6.45) is 6.27. The summed E-state index contributed by atoms with van der Waals surface area (Å²) in [5.41, 5.74) is 1.19. The van der Waals surface area contributed by atoms with Gasteiger partial charge in [0.1, 0.15) is 5.82 Å². The molecule has 1 aromatic heterocycles. The molecule has 124 valence electrons. The van der Waals surface area contributed by atoms with Gasteiger partial charge in [0.2, 0.25) is 5.91 Å². The highest BCUT2D eigenvalue weighted by Crippen LogP contribution is 2.33. The summed E-state index contributed by atoms with van der Waals surface area (Å²) >= 11 is 0. The lowest BCUT2D eigenvalue weighted by atomic mass is 9.98. The first-order valence-electron chi connectivity index (χ1n) is 8.86. The highest BCUT2D eigenvalue weighted by Gasteiger charge is 2.31. The fraction of sp³-hybridized carbons (Fsp3) is 0.667. The molecule has 5 nitrogen and oxygen atoms in total. The molecule has 0 unspecified atom stereocenters. The van der Waals surface area contributed by atoms with Crippen molar-refractivity contribution in [2.75, 3.05) is 37.7 Å². The van der Waals surface area contributed by atoms with Gasteiger partial charge < -0.3 is 14.5 Å². The second-order valence-corrected chi connectivity index (χ2v) is 7.02. The molecule has 1 amide bonds. The molecule has 0 aromatic carbocycles. The molecule has 1 aliphatic carbocycles. The van der Waals surface area contributed by atoms with Crippen molar-refractivity contribution in [1.82, 2.24) is 9.88 Å². The van der Waals surface area contributed by atoms with Crippen molar-refractivity contribution in [1.29, 1.82) is 0 Å². The van der Waals surface area contributed by atoms with Crippen LogP contribution in [0.4, 0.5) is 5.82 Å². The lowest BCUT2D eigenvalue weighted by Gasteiger charge is -2.28. The van der Waals surface area contributed by atoms with Crippen LogP contribution in [-0.2, 0) is 16.1 Å². The Kier molecular flexibility index (Phi) is 4.21. The highest BCUT2D eigenvalue weighted by molar-refractivity contribution is 5.79. The van der Waals surface area contributed by atoms with E-state index in [1.165, 1.54) is 18.4 Å². The van der Waals surface area contributed by atoms with Gasteiger partial charge in [0.25, 0.3) is 0 Å². The first kappa shape index (κ1) is 14.9. The van der Waals surface area contributed by atoms with Gasteiger partial charge in [-0.05, 0) is 37.7 Å². The van der Waals surface area contributed by atoms with Crippen molar-refractivity contribution >= 4 is 11.7 Å². The maximum absolute atomic E-state index is 12.9. The van der Waals surface area contributed by atoms with Crippen LogP contribution >= 0.6 is 0 Å². The van der Waals surface area contributed by atoms with E-state index in [0.29, 0.717) is 12.5 Å². The van der Waals surface area contributed by atoms with E-state index < -0.39 is 0 Å². The number of hydrogen-bond acceptors (Lipinski definition) is 4. The van der Waals surface area contributed by atoms with Crippen molar-refractivity contribution in [2.24, 2.45) is 11.8 Å². The van der Waals surface area contributed by atoms with E-state index >= 15 is 0 Å². The molecule has 23 heavy (non-hydrogen) atoms. The minimum atomic E-state index is 0.138. The molecule has 4 rings (SSSR count). The zero-order chi connectivity index (χ0) is 15.6. The molecule has 0 bridgehead atoms. The van der Waals surface area contributed by atoms with Crippen LogP contribution < -0.4 is 4.90 Å². The fourth-order valence-electron chi connectivity index (χ4n) is 3.65. The number of anilines is 1. The van der Waals surface area contributed by atoms with E-state index in [-0.39, 0.29) is 5.92 Å². The Bertz CT molecular complexity index is 567. The van der Waals surface area contributed by atoms with Gasteiger partial charge in [-0.2, -0.15) is 0 Å². The molecule has 2 fully saturated rings. The van der Waals surface area contributed by atoms with E-state index in [1.54, 1.807) is 0 Å². The molecular formula is C18H25N3O2. The number of rotatable bonds is 3. The molecule has 1 aromatic rings. The number of hydrogen-bond donors (Lipinski definition) is 0. The summed E-state index contributed by atoms with van der Waals surface area (Å²) in [5, 5.41) is 0. The standard InChI is InChI=1S/C18H25N3O2/c22-18(15-5-10-23-11-6-15)21-9-8-20(12-14-3-4-14)17-16(13-21)2-1-7-19-17/h1-2,7,14-15H,3-6,8-13H2. The molecule has 0 radical (unpaired) electrons. The quantitative estimate of drug-likeness (QED) is 0.856. The average molecular weight is 315 g/mol. The number of carbonyl (C=O) groups excluding carboxylic acids is 1. The van der Waals surface area contributed by atoms with Gasteiger partial charge in [0.05, 0.1) is 0 Å². The number of fused-ring (bicyclic) bond motifs is 1. The Morgan fingerprint density at radius 3 is 2.83 bits per heavy atom. The first-order chi connectivity index (χ1) is 11.3. The summed E-state index contributed by atoms with van der Waals surface area (Å²) in [6, 6.07) is 4.11. The Hall–Kier alpha value is -1.62. The summed E-state index contributed by atoms with van der Waals surface area (Å²) < 4.78 is 5.40. The highest BCUT2D eigenvalue weighted by atomic mass is 16.5. The second kappa shape index (κ2) is 6.48. The molecular weight excluding hydrogens is 290 g/mol. The van der Waals surface area contributed by atoms with E-state index in [4.69, 9.17) is 4.74 Å². The van der Waals surface area contributed by atoms with E-state index in [0.717, 1.165) is 57.4 Å². The van der Waals surface area contributed by atoms with Gasteiger partial charge >= 0.3 is 0 Å². The lowest BCUT2D eigenvalue weighted by Crippen LogP contribution is -2.40. The van der Waals surface area contributed by atoms with Crippen LogP contribution in [-0.4, -0.2) is 48.6 Å². The van der Waals surface area contributed by atoms with Crippen molar-refractivity contribution in [3.8, 4) is 0 Å². The third-order valence-corrected chi connectivity index (χ3v) is 5.23. The predicted octanol–water partition coefficient (Wildman–Crippen LogP) is 2.07. The molecule has 2 aliphatic heterocycles. The number of ether oxygens (including phenoxy) is 1. The Balaban J connectivity index is 1.52. The zero-order valence-corrected chi connectivity index (χ0v) is 13.6. The molecule has 0 spiro atoms. The van der Waals surface area contributed by atoms with Gasteiger partial charge in [-0.25, -0.2) is 4.98 Å². The third-order valence-electron chi connectivity index (χ3n) is 5.23. The first-order valence-corrected chi connectivity index (χ1v) is 8.86. The maximum Gasteiger partial charge on any atom is 0.226 e. The van der Waals surface area contributed by atoms with Crippen molar-refractivity contribution in [3.63, 3.8) is 0 Å². The Labute approximate surface area is 137 Å². The van der Waals surface area contributed by atoms with Crippen LogP contribution in [0, 0.1) is 11.8 Å². The summed E-state index contributed by atoms with van der Waals surface area (Å²) in [4.78, 5) is 21.9. The minimum absolute atomic E-state index is 0.138. The number of pyridine rings is 1. The van der Waals surface area contributed by atoms with Crippen LogP contribution in [0.1, 0.15) is 31.2 Å². The number of carbonyl (C=O) groups is 1. The van der Waals surface area contributed by atoms with Gasteiger partial charge in [-0.1, -0.05) is 6.07 Å². The minimum Gasteiger partial charge on any atom is -0.381 e. The second-order valence-electron chi connectivity index (χ2n) is 7.02. The number of nitrogens with zero attached hydrogens (tertiary/aromatic N) is 3. The zero-order valence-electron chi connectivity index (χ0n) is 13.6. The third kappa shape index (κ3) is 3.34. The Morgan fingerprint density at radius 1 is 1.22 bits per heavy atom. The van der Waals surface area contributed by atoms with Crippen molar-refractivity contribution in [2.45, 2.75) is 32.2 Å². The monoisotopic (exact) mass is 315 g/mol. The predicted molar refractivity (Wildman–Crippen MR) is 88.1 cm³/mol. The molecule has 1 saturated carbocycles. The number of aromatic nitrogens is 1.